The smallest absolute Gasteiger partial charge is 0.193 e. The topological polar surface area (TPSA) is 40.5 Å². The summed E-state index contributed by atoms with van der Waals surface area (Å²) < 4.78 is 0. The molecule has 3 rings (SSSR count). The van der Waals surface area contributed by atoms with Crippen molar-refractivity contribution in [3.8, 4) is 0 Å². The van der Waals surface area contributed by atoms with Crippen LogP contribution in [0.5, 0.6) is 0 Å². The second kappa shape index (κ2) is 7.12. The molecule has 1 saturated heterocycles. The first-order valence-corrected chi connectivity index (χ1v) is 8.63. The number of likely N-dealkylation sites (tertiary alicyclic amines) is 1. The molecule has 1 N–H and O–H groups in total. The van der Waals surface area contributed by atoms with Gasteiger partial charge in [0.1, 0.15) is 0 Å². The summed E-state index contributed by atoms with van der Waals surface area (Å²) in [5.74, 6) is 2.88. The van der Waals surface area contributed by atoms with Crippen molar-refractivity contribution in [2.24, 2.45) is 16.8 Å². The van der Waals surface area contributed by atoms with Crippen molar-refractivity contribution in [3.05, 3.63) is 29.6 Å². The van der Waals surface area contributed by atoms with E-state index in [1.165, 1.54) is 49.9 Å². The van der Waals surface area contributed by atoms with Crippen molar-refractivity contribution >= 4 is 5.96 Å². The van der Waals surface area contributed by atoms with Crippen LogP contribution in [0.15, 0.2) is 23.5 Å². The first-order chi connectivity index (χ1) is 10.8. The maximum absolute atomic E-state index is 4.50. The third-order valence-electron chi connectivity index (χ3n) is 5.30. The van der Waals surface area contributed by atoms with E-state index in [1.807, 2.05) is 19.4 Å². The van der Waals surface area contributed by atoms with Crippen LogP contribution in [0.2, 0.25) is 0 Å². The average molecular weight is 300 g/mol. The van der Waals surface area contributed by atoms with Crippen LogP contribution in [-0.2, 0) is 6.42 Å². The molecule has 1 saturated carbocycles. The molecule has 4 heteroatoms. The second-order valence-corrected chi connectivity index (χ2v) is 6.74. The van der Waals surface area contributed by atoms with Gasteiger partial charge in [-0.3, -0.25) is 9.98 Å². The van der Waals surface area contributed by atoms with Crippen molar-refractivity contribution < 1.29 is 0 Å². The fourth-order valence-electron chi connectivity index (χ4n) is 4.00. The normalized spacial score (nSPS) is 25.2. The van der Waals surface area contributed by atoms with Gasteiger partial charge in [0, 0.05) is 39.1 Å². The summed E-state index contributed by atoms with van der Waals surface area (Å²) in [4.78, 5) is 11.1. The monoisotopic (exact) mass is 300 g/mol. The van der Waals surface area contributed by atoms with Gasteiger partial charge in [0.05, 0.1) is 0 Å². The molecule has 0 spiro atoms. The lowest BCUT2D eigenvalue weighted by molar-refractivity contribution is 0.299. The van der Waals surface area contributed by atoms with E-state index in [9.17, 15) is 0 Å². The third kappa shape index (κ3) is 3.42. The quantitative estimate of drug-likeness (QED) is 0.689. The number of aliphatic imine (C=N–C) groups is 1. The minimum Gasteiger partial charge on any atom is -0.356 e. The maximum atomic E-state index is 4.50. The summed E-state index contributed by atoms with van der Waals surface area (Å²) in [5, 5.41) is 3.55. The summed E-state index contributed by atoms with van der Waals surface area (Å²) in [6, 6.07) is 2.12. The van der Waals surface area contributed by atoms with Gasteiger partial charge in [-0.1, -0.05) is 12.8 Å². The Labute approximate surface area is 134 Å². The van der Waals surface area contributed by atoms with Gasteiger partial charge in [-0.05, 0) is 55.2 Å². The summed E-state index contributed by atoms with van der Waals surface area (Å²) in [7, 11) is 1.90. The highest BCUT2D eigenvalue weighted by Gasteiger charge is 2.35. The molecule has 2 heterocycles. The largest absolute Gasteiger partial charge is 0.356 e. The zero-order valence-electron chi connectivity index (χ0n) is 13.9. The summed E-state index contributed by atoms with van der Waals surface area (Å²) in [6.07, 6.45) is 10.5. The molecule has 0 radical (unpaired) electrons. The highest BCUT2D eigenvalue weighted by molar-refractivity contribution is 5.80. The Morgan fingerprint density at radius 2 is 2.05 bits per heavy atom. The van der Waals surface area contributed by atoms with Crippen LogP contribution in [-0.4, -0.2) is 42.5 Å². The van der Waals surface area contributed by atoms with Gasteiger partial charge >= 0.3 is 0 Å². The number of nitrogens with zero attached hydrogens (tertiary/aromatic N) is 3. The van der Waals surface area contributed by atoms with Crippen LogP contribution >= 0.6 is 0 Å². The first kappa shape index (κ1) is 15.3. The van der Waals surface area contributed by atoms with E-state index in [-0.39, 0.29) is 0 Å². The van der Waals surface area contributed by atoms with E-state index >= 15 is 0 Å². The number of hydrogen-bond acceptors (Lipinski definition) is 2. The number of nitrogens with one attached hydrogen (secondary N) is 1. The molecular formula is C18H28N4. The minimum atomic E-state index is 0.898. The number of hydrogen-bond donors (Lipinski definition) is 1. The molecule has 4 nitrogen and oxygen atoms in total. The molecular weight excluding hydrogens is 272 g/mol. The number of aryl methyl sites for hydroxylation is 1. The zero-order chi connectivity index (χ0) is 15.4. The second-order valence-electron chi connectivity index (χ2n) is 6.74. The molecule has 1 aliphatic heterocycles. The van der Waals surface area contributed by atoms with Gasteiger partial charge in [-0.2, -0.15) is 0 Å². The molecule has 2 fully saturated rings. The lowest BCUT2D eigenvalue weighted by Crippen LogP contribution is -2.41. The highest BCUT2D eigenvalue weighted by atomic mass is 15.3. The van der Waals surface area contributed by atoms with Crippen molar-refractivity contribution in [3.63, 3.8) is 0 Å². The van der Waals surface area contributed by atoms with Crippen LogP contribution in [0.25, 0.3) is 0 Å². The molecule has 0 amide bonds. The lowest BCUT2D eigenvalue weighted by Gasteiger charge is -2.22. The molecule has 2 aliphatic rings. The van der Waals surface area contributed by atoms with Crippen molar-refractivity contribution in [1.82, 2.24) is 15.2 Å². The van der Waals surface area contributed by atoms with Gasteiger partial charge in [-0.15, -0.1) is 0 Å². The fourth-order valence-corrected chi connectivity index (χ4v) is 4.00. The Morgan fingerprint density at radius 3 is 2.68 bits per heavy atom. The molecule has 120 valence electrons. The molecule has 0 aromatic carbocycles. The Hall–Kier alpha value is -1.58. The number of aromatic nitrogens is 1. The van der Waals surface area contributed by atoms with Gasteiger partial charge in [-0.25, -0.2) is 0 Å². The molecule has 1 aliphatic carbocycles. The van der Waals surface area contributed by atoms with E-state index in [0.29, 0.717) is 0 Å². The Morgan fingerprint density at radius 1 is 1.32 bits per heavy atom. The minimum absolute atomic E-state index is 0.898. The average Bonchev–Trinajstić information content (AvgIpc) is 2.97. The Kier molecular flexibility index (Phi) is 4.96. The number of pyridine rings is 1. The standard InChI is InChI=1S/C18H28N4/c1-14-11-20-9-7-15(14)8-10-21-18(19-2)22-12-16-5-3-4-6-17(16)13-22/h7,9,11,16-17H,3-6,8,10,12-13H2,1-2H3,(H,19,21). The van der Waals surface area contributed by atoms with Gasteiger partial charge in [0.25, 0.3) is 0 Å². The van der Waals surface area contributed by atoms with Crippen LogP contribution < -0.4 is 5.32 Å². The molecule has 2 unspecified atom stereocenters. The molecule has 1 aromatic rings. The summed E-state index contributed by atoms with van der Waals surface area (Å²) >= 11 is 0. The Bertz CT molecular complexity index is 512. The van der Waals surface area contributed by atoms with Crippen molar-refractivity contribution in [2.45, 2.75) is 39.0 Å². The summed E-state index contributed by atoms with van der Waals surface area (Å²) in [6.45, 7) is 5.45. The van der Waals surface area contributed by atoms with Crippen LogP contribution in [0, 0.1) is 18.8 Å². The predicted molar refractivity (Wildman–Crippen MR) is 91.1 cm³/mol. The van der Waals surface area contributed by atoms with Crippen LogP contribution in [0.1, 0.15) is 36.8 Å². The SMILES string of the molecule is CN=C(NCCc1ccncc1C)N1CC2CCCCC2C1. The lowest BCUT2D eigenvalue weighted by atomic mass is 9.82. The number of rotatable bonds is 3. The van der Waals surface area contributed by atoms with Crippen molar-refractivity contribution in [1.29, 1.82) is 0 Å². The predicted octanol–water partition coefficient (Wildman–Crippen LogP) is 2.63. The van der Waals surface area contributed by atoms with Gasteiger partial charge in [0.15, 0.2) is 5.96 Å². The third-order valence-corrected chi connectivity index (χ3v) is 5.30. The zero-order valence-corrected chi connectivity index (χ0v) is 13.9. The molecule has 1 aromatic heterocycles. The highest BCUT2D eigenvalue weighted by Crippen LogP contribution is 2.35. The van der Waals surface area contributed by atoms with E-state index in [0.717, 1.165) is 30.8 Å². The van der Waals surface area contributed by atoms with E-state index in [2.05, 4.69) is 33.2 Å². The van der Waals surface area contributed by atoms with Crippen LogP contribution in [0.4, 0.5) is 0 Å². The number of fused-ring (bicyclic) bond motifs is 1. The molecule has 2 atom stereocenters. The van der Waals surface area contributed by atoms with Gasteiger partial charge in [0.2, 0.25) is 0 Å². The maximum Gasteiger partial charge on any atom is 0.193 e. The molecule has 22 heavy (non-hydrogen) atoms. The van der Waals surface area contributed by atoms with E-state index in [4.69, 9.17) is 0 Å². The Balaban J connectivity index is 1.51. The summed E-state index contributed by atoms with van der Waals surface area (Å²) in [5.41, 5.74) is 2.64. The molecule has 0 bridgehead atoms. The van der Waals surface area contributed by atoms with Crippen molar-refractivity contribution in [2.75, 3.05) is 26.7 Å². The fraction of sp³-hybridized carbons (Fsp3) is 0.667. The first-order valence-electron chi connectivity index (χ1n) is 8.63. The van der Waals surface area contributed by atoms with E-state index in [1.54, 1.807) is 0 Å². The van der Waals surface area contributed by atoms with E-state index < -0.39 is 0 Å². The number of guanidine groups is 1. The van der Waals surface area contributed by atoms with Crippen LogP contribution in [0.3, 0.4) is 0 Å². The van der Waals surface area contributed by atoms with Gasteiger partial charge < -0.3 is 10.2 Å².